The Balaban J connectivity index is 1.44. The molecule has 3 aromatic carbocycles. The van der Waals surface area contributed by atoms with Crippen molar-refractivity contribution in [3.05, 3.63) is 126 Å². The molecule has 1 unspecified atom stereocenters. The third-order valence-corrected chi connectivity index (χ3v) is 7.83. The Hall–Kier alpha value is -4.30. The highest BCUT2D eigenvalue weighted by Crippen LogP contribution is 2.49. The van der Waals surface area contributed by atoms with Crippen LogP contribution >= 0.6 is 11.8 Å². The van der Waals surface area contributed by atoms with Crippen molar-refractivity contribution < 1.29 is 24.0 Å². The molecule has 3 aromatic rings. The number of hydrogen-bond donors (Lipinski definition) is 0. The number of benzene rings is 3. The van der Waals surface area contributed by atoms with Crippen LogP contribution in [0.4, 0.5) is 0 Å². The molecule has 1 saturated heterocycles. The lowest BCUT2D eigenvalue weighted by Crippen LogP contribution is -2.79. The van der Waals surface area contributed by atoms with Gasteiger partial charge in [0.15, 0.2) is 11.9 Å². The number of hydrogen-bond acceptors (Lipinski definition) is 6. The van der Waals surface area contributed by atoms with Gasteiger partial charge in [-0.3, -0.25) is 14.5 Å². The molecule has 2 aliphatic rings. The topological polar surface area (TPSA) is 76.2 Å². The third-order valence-electron chi connectivity index (χ3n) is 6.58. The molecular formula is C31H28N2O5S. The van der Waals surface area contributed by atoms with Crippen molar-refractivity contribution in [2.24, 2.45) is 0 Å². The van der Waals surface area contributed by atoms with Gasteiger partial charge in [0.2, 0.25) is 5.54 Å². The zero-order valence-corrected chi connectivity index (χ0v) is 22.4. The zero-order chi connectivity index (χ0) is 27.4. The quantitative estimate of drug-likeness (QED) is 0.168. The maximum atomic E-state index is 13.9. The molecule has 5 rings (SSSR count). The highest BCUT2D eigenvalue weighted by atomic mass is 32.2. The van der Waals surface area contributed by atoms with Crippen molar-refractivity contribution >= 4 is 29.5 Å². The number of amides is 2. The van der Waals surface area contributed by atoms with Crippen LogP contribution in [0.3, 0.4) is 0 Å². The fourth-order valence-corrected chi connectivity index (χ4v) is 6.20. The smallest absolute Gasteiger partial charge is 0.355 e. The molecule has 0 N–H and O–H groups in total. The highest BCUT2D eigenvalue weighted by molar-refractivity contribution is 8.00. The van der Waals surface area contributed by atoms with Crippen LogP contribution in [0.5, 0.6) is 5.75 Å². The van der Waals surface area contributed by atoms with Crippen molar-refractivity contribution in [1.29, 1.82) is 0 Å². The van der Waals surface area contributed by atoms with E-state index in [-0.39, 0.29) is 5.70 Å². The number of fused-ring (bicyclic) bond motifs is 1. The molecule has 39 heavy (non-hydrogen) atoms. The van der Waals surface area contributed by atoms with Crippen LogP contribution in [-0.4, -0.2) is 44.4 Å². The predicted molar refractivity (Wildman–Crippen MR) is 149 cm³/mol. The van der Waals surface area contributed by atoms with E-state index < -0.39 is 34.8 Å². The van der Waals surface area contributed by atoms with Gasteiger partial charge in [0.1, 0.15) is 11.1 Å². The zero-order valence-electron chi connectivity index (χ0n) is 21.6. The summed E-state index contributed by atoms with van der Waals surface area (Å²) in [6, 6.07) is 27.8. The summed E-state index contributed by atoms with van der Waals surface area (Å²) in [5.74, 6) is -0.608. The van der Waals surface area contributed by atoms with Gasteiger partial charge in [0.25, 0.3) is 11.8 Å². The molecular weight excluding hydrogens is 512 g/mol. The molecule has 2 atom stereocenters. The number of hydroxylamine groups is 2. The number of para-hydroxylation sites is 1. The molecule has 8 heteroatoms. The van der Waals surface area contributed by atoms with E-state index in [0.29, 0.717) is 11.5 Å². The average molecular weight is 541 g/mol. The fourth-order valence-electron chi connectivity index (χ4n) is 4.87. The Morgan fingerprint density at radius 2 is 1.54 bits per heavy atom. The Morgan fingerprint density at radius 3 is 2.08 bits per heavy atom. The first kappa shape index (κ1) is 26.3. The second kappa shape index (κ2) is 11.2. The lowest BCUT2D eigenvalue weighted by molar-refractivity contribution is -0.202. The van der Waals surface area contributed by atoms with E-state index in [1.165, 1.54) is 23.6 Å². The number of nitrogens with zero attached hydrogens (tertiary/aromatic N) is 2. The van der Waals surface area contributed by atoms with Gasteiger partial charge in [-0.2, -0.15) is 5.06 Å². The van der Waals surface area contributed by atoms with E-state index in [1.54, 1.807) is 49.4 Å². The standard InChI is InChI=1S/C31H28N2O5S/c1-3-20-31(33(22(2)34)38-25-17-11-6-12-18-25)29(36)32-26(19-21-39-30(31)32)28(35)37-27(23-13-7-4-8-14-23)24-15-9-5-10-16-24/h3-20,27,30H,21H2,1-2H3/t30-,31?/m0/s1. The normalized spacial score (nSPS) is 20.2. The minimum Gasteiger partial charge on any atom is -0.448 e. The average Bonchev–Trinajstić information content (AvgIpc) is 2.98. The van der Waals surface area contributed by atoms with Crippen LogP contribution in [0.15, 0.2) is 115 Å². The molecule has 0 bridgehead atoms. The summed E-state index contributed by atoms with van der Waals surface area (Å²) in [5.41, 5.74) is 0.372. The number of rotatable bonds is 8. The summed E-state index contributed by atoms with van der Waals surface area (Å²) >= 11 is 1.45. The van der Waals surface area contributed by atoms with E-state index in [9.17, 15) is 14.4 Å². The van der Waals surface area contributed by atoms with Gasteiger partial charge in [0, 0.05) is 12.7 Å². The van der Waals surface area contributed by atoms with Crippen molar-refractivity contribution in [2.75, 3.05) is 5.75 Å². The van der Waals surface area contributed by atoms with Gasteiger partial charge in [-0.15, -0.1) is 11.8 Å². The summed E-state index contributed by atoms with van der Waals surface area (Å²) in [7, 11) is 0. The number of thioether (sulfide) groups is 1. The second-order valence-corrected chi connectivity index (χ2v) is 10.2. The van der Waals surface area contributed by atoms with E-state index in [0.717, 1.165) is 16.2 Å². The summed E-state index contributed by atoms with van der Waals surface area (Å²) in [6.07, 6.45) is 4.43. The van der Waals surface area contributed by atoms with Gasteiger partial charge >= 0.3 is 5.97 Å². The van der Waals surface area contributed by atoms with E-state index >= 15 is 0 Å². The first-order valence-corrected chi connectivity index (χ1v) is 13.7. The minimum atomic E-state index is -1.42. The van der Waals surface area contributed by atoms with Crippen LogP contribution in [-0.2, 0) is 19.1 Å². The number of carbonyl (C=O) groups is 3. The van der Waals surface area contributed by atoms with Crippen LogP contribution in [0.1, 0.15) is 31.1 Å². The largest absolute Gasteiger partial charge is 0.448 e. The molecule has 0 aromatic heterocycles. The van der Waals surface area contributed by atoms with Gasteiger partial charge in [0.05, 0.1) is 0 Å². The van der Waals surface area contributed by atoms with Gasteiger partial charge in [-0.05, 0) is 42.3 Å². The molecule has 2 aliphatic heterocycles. The first-order valence-electron chi connectivity index (χ1n) is 12.6. The second-order valence-electron chi connectivity index (χ2n) is 9.10. The Bertz CT molecular complexity index is 1370. The van der Waals surface area contributed by atoms with Crippen LogP contribution in [0.2, 0.25) is 0 Å². The number of esters is 1. The summed E-state index contributed by atoms with van der Waals surface area (Å²) in [5, 5.41) is 0.539. The van der Waals surface area contributed by atoms with Crippen molar-refractivity contribution in [3.8, 4) is 5.75 Å². The SMILES string of the molecule is CC=CC1(N(Oc2ccccc2)C(C)=O)C(=O)N2C(C(=O)OC(c3ccccc3)c3ccccc3)=CCS[C@H]21. The van der Waals surface area contributed by atoms with E-state index in [1.807, 2.05) is 66.7 Å². The van der Waals surface area contributed by atoms with Gasteiger partial charge in [-0.25, -0.2) is 4.79 Å². The molecule has 0 radical (unpaired) electrons. The molecule has 7 nitrogen and oxygen atoms in total. The van der Waals surface area contributed by atoms with Crippen LogP contribution in [0.25, 0.3) is 0 Å². The van der Waals surface area contributed by atoms with Crippen molar-refractivity contribution in [1.82, 2.24) is 9.96 Å². The fraction of sp³-hybridized carbons (Fsp3) is 0.194. The maximum Gasteiger partial charge on any atom is 0.355 e. The Labute approximate surface area is 231 Å². The van der Waals surface area contributed by atoms with Gasteiger partial charge < -0.3 is 9.57 Å². The van der Waals surface area contributed by atoms with Crippen molar-refractivity contribution in [3.63, 3.8) is 0 Å². The lowest BCUT2D eigenvalue weighted by atomic mass is 9.85. The van der Waals surface area contributed by atoms with E-state index in [4.69, 9.17) is 9.57 Å². The number of allylic oxidation sites excluding steroid dienone is 1. The Morgan fingerprint density at radius 1 is 0.974 bits per heavy atom. The summed E-state index contributed by atoms with van der Waals surface area (Å²) in [4.78, 5) is 47.8. The number of β-lactam (4-membered cyclic amide) rings is 1. The van der Waals surface area contributed by atoms with Crippen molar-refractivity contribution in [2.45, 2.75) is 30.9 Å². The number of ether oxygens (including phenoxy) is 1. The molecule has 2 heterocycles. The van der Waals surface area contributed by atoms with Crippen LogP contribution in [0, 0.1) is 0 Å². The van der Waals surface area contributed by atoms with Crippen LogP contribution < -0.4 is 4.84 Å². The lowest BCUT2D eigenvalue weighted by Gasteiger charge is -2.57. The molecule has 1 fully saturated rings. The third kappa shape index (κ3) is 4.83. The predicted octanol–water partition coefficient (Wildman–Crippen LogP) is 5.28. The van der Waals surface area contributed by atoms with E-state index in [2.05, 4.69) is 0 Å². The molecule has 0 saturated carbocycles. The van der Waals surface area contributed by atoms with Gasteiger partial charge in [-0.1, -0.05) is 84.9 Å². The first-order chi connectivity index (χ1) is 19.0. The molecule has 0 spiro atoms. The summed E-state index contributed by atoms with van der Waals surface area (Å²) < 4.78 is 6.05. The number of carbonyl (C=O) groups excluding carboxylic acids is 3. The molecule has 0 aliphatic carbocycles. The monoisotopic (exact) mass is 540 g/mol. The summed E-state index contributed by atoms with van der Waals surface area (Å²) in [6.45, 7) is 3.13. The molecule has 198 valence electrons. The Kier molecular flexibility index (Phi) is 7.56. The maximum absolute atomic E-state index is 13.9. The highest BCUT2D eigenvalue weighted by Gasteiger charge is 2.68. The minimum absolute atomic E-state index is 0.156. The molecule has 2 amide bonds.